The van der Waals surface area contributed by atoms with E-state index in [2.05, 4.69) is 26.8 Å². The molecule has 0 spiro atoms. The first-order valence-corrected chi connectivity index (χ1v) is 9.29. The van der Waals surface area contributed by atoms with Crippen LogP contribution in [0.4, 0.5) is 14.6 Å². The van der Waals surface area contributed by atoms with Crippen LogP contribution in [0, 0.1) is 11.6 Å². The molecule has 0 aliphatic rings. The van der Waals surface area contributed by atoms with Gasteiger partial charge in [-0.2, -0.15) is 0 Å². The summed E-state index contributed by atoms with van der Waals surface area (Å²) in [6, 6.07) is 8.20. The number of nitrogens with one attached hydrogen (secondary N) is 1. The molecule has 2 heterocycles. The van der Waals surface area contributed by atoms with Crippen molar-refractivity contribution in [3.8, 4) is 28.1 Å². The van der Waals surface area contributed by atoms with Crippen molar-refractivity contribution in [2.45, 2.75) is 0 Å². The van der Waals surface area contributed by atoms with E-state index in [9.17, 15) is 14.3 Å². The number of benzene rings is 2. The Labute approximate surface area is 179 Å². The monoisotopic (exact) mass is 438 g/mol. The number of carbonyl (C=O) groups excluding carboxylic acids is 1. The summed E-state index contributed by atoms with van der Waals surface area (Å²) in [5.74, 6) is -2.38. The molecule has 0 radical (unpaired) electrons. The van der Waals surface area contributed by atoms with Crippen molar-refractivity contribution in [2.75, 3.05) is 5.32 Å². The molecule has 2 aromatic heterocycles. The third-order valence-corrected chi connectivity index (χ3v) is 4.83. The lowest BCUT2D eigenvalue weighted by molar-refractivity contribution is -0.111. The average Bonchev–Trinajstić information content (AvgIpc) is 2.75. The predicted molar refractivity (Wildman–Crippen MR) is 114 cm³/mol. The summed E-state index contributed by atoms with van der Waals surface area (Å²) in [4.78, 5) is 23.8. The molecular formula is C22H13ClF2N4O2. The van der Waals surface area contributed by atoms with Gasteiger partial charge in [0.1, 0.15) is 29.2 Å². The zero-order valence-electron chi connectivity index (χ0n) is 15.7. The first-order valence-electron chi connectivity index (χ1n) is 8.91. The summed E-state index contributed by atoms with van der Waals surface area (Å²) in [6.07, 6.45) is 3.71. The number of amides is 1. The van der Waals surface area contributed by atoms with Crippen LogP contribution < -0.4 is 5.32 Å². The molecule has 0 aliphatic heterocycles. The van der Waals surface area contributed by atoms with Crippen LogP contribution in [0.1, 0.15) is 0 Å². The van der Waals surface area contributed by atoms with Gasteiger partial charge < -0.3 is 10.4 Å². The number of phenols is 1. The molecule has 2 aromatic carbocycles. The molecule has 154 valence electrons. The molecule has 0 bridgehead atoms. The van der Waals surface area contributed by atoms with Crippen LogP contribution in [0.3, 0.4) is 0 Å². The quantitative estimate of drug-likeness (QED) is 0.432. The number of pyridine rings is 1. The van der Waals surface area contributed by atoms with Gasteiger partial charge in [0, 0.05) is 22.7 Å². The Hall–Kier alpha value is -3.91. The molecule has 0 atom stereocenters. The number of anilines is 1. The topological polar surface area (TPSA) is 88.0 Å². The first kappa shape index (κ1) is 20.4. The highest BCUT2D eigenvalue weighted by molar-refractivity contribution is 6.34. The van der Waals surface area contributed by atoms with Crippen LogP contribution in [-0.2, 0) is 4.79 Å². The molecular weight excluding hydrogens is 426 g/mol. The van der Waals surface area contributed by atoms with Gasteiger partial charge in [0.15, 0.2) is 5.82 Å². The summed E-state index contributed by atoms with van der Waals surface area (Å²) in [5, 5.41) is 12.7. The van der Waals surface area contributed by atoms with Crippen molar-refractivity contribution in [3.63, 3.8) is 0 Å². The summed E-state index contributed by atoms with van der Waals surface area (Å²) in [7, 11) is 0. The fourth-order valence-electron chi connectivity index (χ4n) is 3.17. The first-order chi connectivity index (χ1) is 14.9. The Bertz CT molecular complexity index is 1340. The average molecular weight is 439 g/mol. The molecule has 2 N–H and O–H groups in total. The zero-order valence-corrected chi connectivity index (χ0v) is 16.5. The minimum absolute atomic E-state index is 0.111. The summed E-state index contributed by atoms with van der Waals surface area (Å²) >= 11 is 6.31. The third-order valence-electron chi connectivity index (χ3n) is 4.53. The van der Waals surface area contributed by atoms with E-state index in [0.29, 0.717) is 11.3 Å². The standard InChI is InChI=1S/C22H13ClF2N4O2/c1-2-17(31)29-16-8-11(6-7-26-16)21-12-9-13(23)18(20(25)22(12)28-10-27-21)19-14(24)4-3-5-15(19)30/h2-10,30H,1H2,(H,26,29,31). The number of hydrogen-bond donors (Lipinski definition) is 2. The second-order valence-corrected chi connectivity index (χ2v) is 6.83. The Morgan fingerprint density at radius 2 is 1.94 bits per heavy atom. The lowest BCUT2D eigenvalue weighted by atomic mass is 9.99. The van der Waals surface area contributed by atoms with Crippen LogP contribution in [0.25, 0.3) is 33.3 Å². The predicted octanol–water partition coefficient (Wildman–Crippen LogP) is 5.12. The molecule has 6 nitrogen and oxygen atoms in total. The minimum Gasteiger partial charge on any atom is -0.507 e. The summed E-state index contributed by atoms with van der Waals surface area (Å²) in [6.45, 7) is 3.38. The number of aromatic nitrogens is 3. The van der Waals surface area contributed by atoms with Crippen molar-refractivity contribution >= 4 is 34.2 Å². The molecule has 0 fully saturated rings. The van der Waals surface area contributed by atoms with Gasteiger partial charge in [-0.1, -0.05) is 24.2 Å². The fourth-order valence-corrected chi connectivity index (χ4v) is 3.46. The van der Waals surface area contributed by atoms with Crippen LogP contribution in [-0.4, -0.2) is 26.0 Å². The minimum atomic E-state index is -0.902. The van der Waals surface area contributed by atoms with Gasteiger partial charge in [0.2, 0.25) is 5.91 Å². The second-order valence-electron chi connectivity index (χ2n) is 6.42. The number of phenolic OH excluding ortho intramolecular Hbond substituents is 1. The van der Waals surface area contributed by atoms with E-state index in [1.807, 2.05) is 0 Å². The smallest absolute Gasteiger partial charge is 0.248 e. The van der Waals surface area contributed by atoms with Crippen molar-refractivity contribution in [3.05, 3.63) is 78.2 Å². The number of halogens is 3. The van der Waals surface area contributed by atoms with Crippen LogP contribution in [0.15, 0.2) is 61.6 Å². The summed E-state index contributed by atoms with van der Waals surface area (Å²) in [5.41, 5.74) is 0.0688. The molecule has 9 heteroatoms. The Morgan fingerprint density at radius 3 is 2.68 bits per heavy atom. The van der Waals surface area contributed by atoms with Crippen molar-refractivity contribution < 1.29 is 18.7 Å². The van der Waals surface area contributed by atoms with Crippen LogP contribution >= 0.6 is 11.6 Å². The number of hydrogen-bond acceptors (Lipinski definition) is 5. The van der Waals surface area contributed by atoms with Crippen LogP contribution in [0.5, 0.6) is 5.75 Å². The normalized spacial score (nSPS) is 10.8. The molecule has 0 saturated carbocycles. The number of fused-ring (bicyclic) bond motifs is 1. The molecule has 4 rings (SSSR count). The fraction of sp³-hybridized carbons (Fsp3) is 0. The van der Waals surface area contributed by atoms with Crippen molar-refractivity contribution in [1.82, 2.24) is 15.0 Å². The lowest BCUT2D eigenvalue weighted by Crippen LogP contribution is -2.08. The van der Waals surface area contributed by atoms with Gasteiger partial charge in [-0.05, 0) is 36.4 Å². The number of nitrogens with zero attached hydrogens (tertiary/aromatic N) is 3. The van der Waals surface area contributed by atoms with E-state index < -0.39 is 23.3 Å². The van der Waals surface area contributed by atoms with Gasteiger partial charge >= 0.3 is 0 Å². The van der Waals surface area contributed by atoms with E-state index >= 15 is 4.39 Å². The molecule has 0 unspecified atom stereocenters. The highest BCUT2D eigenvalue weighted by Crippen LogP contribution is 2.42. The van der Waals surface area contributed by atoms with E-state index in [4.69, 9.17) is 11.6 Å². The molecule has 31 heavy (non-hydrogen) atoms. The SMILES string of the molecule is C=CC(=O)Nc1cc(-c2ncnc3c(F)c(-c4c(O)cccc4F)c(Cl)cc23)ccn1. The molecule has 4 aromatic rings. The molecule has 0 saturated heterocycles. The van der Waals surface area contributed by atoms with Crippen LogP contribution in [0.2, 0.25) is 5.02 Å². The third kappa shape index (κ3) is 3.69. The lowest BCUT2D eigenvalue weighted by Gasteiger charge is -2.13. The van der Waals surface area contributed by atoms with Gasteiger partial charge in [0.25, 0.3) is 0 Å². The number of rotatable bonds is 4. The molecule has 1 amide bonds. The Kier molecular flexibility index (Phi) is 5.31. The Morgan fingerprint density at radius 1 is 1.13 bits per heavy atom. The highest BCUT2D eigenvalue weighted by Gasteiger charge is 2.23. The van der Waals surface area contributed by atoms with E-state index in [-0.39, 0.29) is 32.9 Å². The maximum Gasteiger partial charge on any atom is 0.248 e. The van der Waals surface area contributed by atoms with Crippen molar-refractivity contribution in [2.24, 2.45) is 0 Å². The second kappa shape index (κ2) is 8.08. The van der Waals surface area contributed by atoms with Gasteiger partial charge in [-0.25, -0.2) is 23.7 Å². The van der Waals surface area contributed by atoms with Crippen molar-refractivity contribution in [1.29, 1.82) is 0 Å². The number of carbonyl (C=O) groups is 1. The summed E-state index contributed by atoms with van der Waals surface area (Å²) < 4.78 is 29.8. The largest absolute Gasteiger partial charge is 0.507 e. The van der Waals surface area contributed by atoms with E-state index in [0.717, 1.165) is 18.5 Å². The zero-order chi connectivity index (χ0) is 22.1. The maximum atomic E-state index is 15.4. The maximum absolute atomic E-state index is 15.4. The number of aromatic hydroxyl groups is 1. The van der Waals surface area contributed by atoms with Gasteiger partial charge in [-0.15, -0.1) is 0 Å². The highest BCUT2D eigenvalue weighted by atomic mass is 35.5. The van der Waals surface area contributed by atoms with E-state index in [1.54, 1.807) is 12.1 Å². The van der Waals surface area contributed by atoms with Gasteiger partial charge in [0.05, 0.1) is 16.3 Å². The Balaban J connectivity index is 1.93. The van der Waals surface area contributed by atoms with Gasteiger partial charge in [-0.3, -0.25) is 4.79 Å². The molecule has 0 aliphatic carbocycles. The van der Waals surface area contributed by atoms with E-state index in [1.165, 1.54) is 24.4 Å².